The van der Waals surface area contributed by atoms with Crippen LogP contribution in [0.5, 0.6) is 0 Å². The molecule has 0 aromatic heterocycles. The van der Waals surface area contributed by atoms with Gasteiger partial charge < -0.3 is 31.7 Å². The van der Waals surface area contributed by atoms with Crippen LogP contribution in [-0.2, 0) is 19.2 Å². The maximum absolute atomic E-state index is 11.7. The first-order valence-corrected chi connectivity index (χ1v) is 6.88. The average molecular weight is 337 g/mol. The van der Waals surface area contributed by atoms with E-state index in [0.717, 1.165) is 0 Å². The van der Waals surface area contributed by atoms with E-state index in [1.165, 1.54) is 0 Å². The molecule has 0 rings (SSSR count). The third-order valence-electron chi connectivity index (χ3n) is 2.63. The second-order valence-electron chi connectivity index (χ2n) is 4.37. The van der Waals surface area contributed by atoms with Crippen molar-refractivity contribution in [2.45, 2.75) is 31.0 Å². The molecule has 0 spiro atoms. The van der Waals surface area contributed by atoms with Gasteiger partial charge in [0.1, 0.15) is 18.1 Å². The highest BCUT2D eigenvalue weighted by molar-refractivity contribution is 7.80. The summed E-state index contributed by atoms with van der Waals surface area (Å²) in [5.41, 5.74) is 5.22. The zero-order valence-electron chi connectivity index (χ0n) is 11.6. The summed E-state index contributed by atoms with van der Waals surface area (Å²) in [4.78, 5) is 44.5. The van der Waals surface area contributed by atoms with E-state index < -0.39 is 48.5 Å². The molecule has 11 heteroatoms. The zero-order valence-corrected chi connectivity index (χ0v) is 12.5. The molecule has 0 heterocycles. The molecular formula is C11H19N3O7S. The van der Waals surface area contributed by atoms with Crippen LogP contribution in [0, 0.1) is 0 Å². The molecule has 126 valence electrons. The smallest absolute Gasteiger partial charge is 0.327 e. The van der Waals surface area contributed by atoms with Crippen LogP contribution in [0.15, 0.2) is 0 Å². The normalized spacial score (nSPS) is 14.5. The van der Waals surface area contributed by atoms with Crippen LogP contribution in [0.1, 0.15) is 12.8 Å². The van der Waals surface area contributed by atoms with E-state index in [1.54, 1.807) is 0 Å². The van der Waals surface area contributed by atoms with Crippen LogP contribution in [0.4, 0.5) is 0 Å². The molecule has 2 amide bonds. The van der Waals surface area contributed by atoms with E-state index in [9.17, 15) is 19.2 Å². The summed E-state index contributed by atoms with van der Waals surface area (Å²) in [6.07, 6.45) is -0.401. The number of carbonyl (C=O) groups excluding carboxylic acids is 2. The van der Waals surface area contributed by atoms with Crippen LogP contribution >= 0.6 is 12.6 Å². The molecule has 10 nitrogen and oxygen atoms in total. The van der Waals surface area contributed by atoms with Gasteiger partial charge in [-0.2, -0.15) is 12.6 Å². The number of rotatable bonds is 10. The minimum atomic E-state index is -1.35. The zero-order chi connectivity index (χ0) is 17.3. The summed E-state index contributed by atoms with van der Waals surface area (Å²) in [5, 5.41) is 30.7. The summed E-state index contributed by atoms with van der Waals surface area (Å²) < 4.78 is 0. The lowest BCUT2D eigenvalue weighted by molar-refractivity contribution is -0.141. The fraction of sp³-hybridized carbons (Fsp3) is 0.636. The van der Waals surface area contributed by atoms with Crippen molar-refractivity contribution >= 4 is 36.4 Å². The Morgan fingerprint density at radius 3 is 2.05 bits per heavy atom. The molecule has 0 aliphatic heterocycles. The van der Waals surface area contributed by atoms with E-state index in [1.807, 2.05) is 0 Å². The molecule has 0 bridgehead atoms. The summed E-state index contributed by atoms with van der Waals surface area (Å²) in [7, 11) is 0. The Hall–Kier alpha value is -1.85. The minimum absolute atomic E-state index is 0.144. The highest BCUT2D eigenvalue weighted by Gasteiger charge is 2.25. The third-order valence-corrected chi connectivity index (χ3v) is 3.00. The molecule has 3 atom stereocenters. The standard InChI is InChI=1S/C11H19N3O7S/c12-5(10(18)19)1-2-8(16)13-6(3-15)9(17)14-7(4-22)11(20)21/h5-7,15,22H,1-4,12H2,(H,13,16)(H,14,17)(H,18,19)(H,20,21)/t5-,6-,7-/m0/s1. The quantitative estimate of drug-likeness (QED) is 0.208. The topological polar surface area (TPSA) is 179 Å². The largest absolute Gasteiger partial charge is 0.480 e. The van der Waals surface area contributed by atoms with Gasteiger partial charge in [0, 0.05) is 12.2 Å². The van der Waals surface area contributed by atoms with Crippen molar-refractivity contribution in [3.05, 3.63) is 0 Å². The van der Waals surface area contributed by atoms with E-state index >= 15 is 0 Å². The molecule has 0 radical (unpaired) electrons. The Labute approximate surface area is 131 Å². The molecule has 0 aromatic rings. The van der Waals surface area contributed by atoms with Gasteiger partial charge in [-0.3, -0.25) is 14.4 Å². The van der Waals surface area contributed by atoms with Crippen molar-refractivity contribution in [3.63, 3.8) is 0 Å². The lowest BCUT2D eigenvalue weighted by atomic mass is 10.1. The number of carboxylic acids is 2. The Balaban J connectivity index is 4.45. The Kier molecular flexibility index (Phi) is 9.13. The Morgan fingerprint density at radius 2 is 1.64 bits per heavy atom. The van der Waals surface area contributed by atoms with Crippen molar-refractivity contribution in [2.75, 3.05) is 12.4 Å². The van der Waals surface area contributed by atoms with Gasteiger partial charge in [0.2, 0.25) is 11.8 Å². The number of aliphatic hydroxyl groups is 1. The molecule has 0 saturated heterocycles. The van der Waals surface area contributed by atoms with Crippen molar-refractivity contribution in [1.29, 1.82) is 0 Å². The van der Waals surface area contributed by atoms with Gasteiger partial charge in [-0.25, -0.2) is 4.79 Å². The lowest BCUT2D eigenvalue weighted by Crippen LogP contribution is -2.53. The van der Waals surface area contributed by atoms with Gasteiger partial charge in [0.15, 0.2) is 0 Å². The predicted octanol–water partition coefficient (Wildman–Crippen LogP) is -2.85. The van der Waals surface area contributed by atoms with Gasteiger partial charge in [-0.05, 0) is 6.42 Å². The molecule has 0 fully saturated rings. The second kappa shape index (κ2) is 9.97. The first-order valence-electron chi connectivity index (χ1n) is 6.25. The van der Waals surface area contributed by atoms with Gasteiger partial charge >= 0.3 is 11.9 Å². The maximum Gasteiger partial charge on any atom is 0.327 e. The van der Waals surface area contributed by atoms with Crippen molar-refractivity contribution in [1.82, 2.24) is 10.6 Å². The number of aliphatic hydroxyl groups excluding tert-OH is 1. The van der Waals surface area contributed by atoms with E-state index in [4.69, 9.17) is 21.1 Å². The van der Waals surface area contributed by atoms with Crippen LogP contribution < -0.4 is 16.4 Å². The first-order chi connectivity index (χ1) is 10.2. The molecule has 22 heavy (non-hydrogen) atoms. The number of hydrogen-bond acceptors (Lipinski definition) is 7. The Bertz CT molecular complexity index is 432. The summed E-state index contributed by atoms with van der Waals surface area (Å²) >= 11 is 3.76. The average Bonchev–Trinajstić information content (AvgIpc) is 2.46. The number of carboxylic acid groups (broad SMARTS) is 2. The lowest BCUT2D eigenvalue weighted by Gasteiger charge is -2.19. The van der Waals surface area contributed by atoms with Crippen molar-refractivity contribution in [3.8, 4) is 0 Å². The highest BCUT2D eigenvalue weighted by atomic mass is 32.1. The Morgan fingerprint density at radius 1 is 1.05 bits per heavy atom. The third kappa shape index (κ3) is 7.24. The maximum atomic E-state index is 11.7. The SMILES string of the molecule is N[C@@H](CCC(=O)N[C@@H](CO)C(=O)N[C@@H](CS)C(=O)O)C(=O)O. The fourth-order valence-electron chi connectivity index (χ4n) is 1.33. The summed E-state index contributed by atoms with van der Waals surface area (Å²) in [6, 6.07) is -3.83. The fourth-order valence-corrected chi connectivity index (χ4v) is 1.58. The first kappa shape index (κ1) is 20.1. The molecule has 0 saturated carbocycles. The number of amides is 2. The number of hydrogen-bond donors (Lipinski definition) is 7. The minimum Gasteiger partial charge on any atom is -0.480 e. The number of nitrogens with one attached hydrogen (secondary N) is 2. The van der Waals surface area contributed by atoms with E-state index in [-0.39, 0.29) is 18.6 Å². The monoisotopic (exact) mass is 337 g/mol. The molecule has 0 aromatic carbocycles. The second-order valence-corrected chi connectivity index (χ2v) is 4.73. The van der Waals surface area contributed by atoms with Crippen molar-refractivity contribution < 1.29 is 34.5 Å². The van der Waals surface area contributed by atoms with E-state index in [2.05, 4.69) is 23.3 Å². The molecule has 0 aliphatic carbocycles. The van der Waals surface area contributed by atoms with E-state index in [0.29, 0.717) is 0 Å². The number of nitrogens with two attached hydrogens (primary N) is 1. The summed E-state index contributed by atoms with van der Waals surface area (Å²) in [6.45, 7) is -0.749. The van der Waals surface area contributed by atoms with Crippen LogP contribution in [-0.4, -0.2) is 69.6 Å². The number of thiol groups is 1. The number of aliphatic carboxylic acids is 2. The van der Waals surface area contributed by atoms with Gasteiger partial charge in [-0.1, -0.05) is 0 Å². The molecular weight excluding hydrogens is 318 g/mol. The van der Waals surface area contributed by atoms with Gasteiger partial charge in [0.25, 0.3) is 0 Å². The molecule has 0 unspecified atom stereocenters. The molecule has 0 aliphatic rings. The van der Waals surface area contributed by atoms with Crippen molar-refractivity contribution in [2.24, 2.45) is 5.73 Å². The summed E-state index contributed by atoms with van der Waals surface area (Å²) in [5.74, 6) is -4.31. The highest BCUT2D eigenvalue weighted by Crippen LogP contribution is 1.97. The number of carbonyl (C=O) groups is 4. The van der Waals surface area contributed by atoms with Gasteiger partial charge in [0.05, 0.1) is 6.61 Å². The van der Waals surface area contributed by atoms with Crippen LogP contribution in [0.3, 0.4) is 0 Å². The van der Waals surface area contributed by atoms with Gasteiger partial charge in [-0.15, -0.1) is 0 Å². The predicted molar refractivity (Wildman–Crippen MR) is 77.3 cm³/mol. The molecule has 7 N–H and O–H groups in total. The van der Waals surface area contributed by atoms with Crippen LogP contribution in [0.2, 0.25) is 0 Å². The van der Waals surface area contributed by atoms with Crippen LogP contribution in [0.25, 0.3) is 0 Å².